The van der Waals surface area contributed by atoms with Crippen LogP contribution >= 0.6 is 0 Å². The molecule has 0 saturated carbocycles. The number of nitrogen functional groups attached to an aromatic ring is 1. The second kappa shape index (κ2) is 9.56. The van der Waals surface area contributed by atoms with Gasteiger partial charge in [-0.1, -0.05) is 0 Å². The Hall–Kier alpha value is -3.09. The maximum absolute atomic E-state index is 12.8. The Morgan fingerprint density at radius 2 is 1.56 bits per heavy atom. The molecule has 27 heavy (non-hydrogen) atoms. The third kappa shape index (κ3) is 4.97. The van der Waals surface area contributed by atoms with Crippen LogP contribution in [0.15, 0.2) is 30.3 Å². The van der Waals surface area contributed by atoms with Crippen molar-refractivity contribution in [2.75, 3.05) is 38.0 Å². The number of hydrogen-bond acceptors (Lipinski definition) is 6. The summed E-state index contributed by atoms with van der Waals surface area (Å²) in [5.41, 5.74) is 7.22. The molecule has 0 saturated heterocycles. The van der Waals surface area contributed by atoms with E-state index in [2.05, 4.69) is 5.32 Å². The monoisotopic (exact) mass is 374 g/mol. The molecule has 146 valence electrons. The standard InChI is InChI=1S/C20H26N2O5/c1-5-25-17-10-13(11-18(26-6-2)19(17)27-7-3)20(23)22-16-12-14(24-4)8-9-15(16)21/h8-12H,5-7,21H2,1-4H3,(H,22,23). The lowest BCUT2D eigenvalue weighted by atomic mass is 10.1. The van der Waals surface area contributed by atoms with Gasteiger partial charge in [-0.15, -0.1) is 0 Å². The molecule has 0 aliphatic heterocycles. The highest BCUT2D eigenvalue weighted by molar-refractivity contribution is 6.06. The van der Waals surface area contributed by atoms with Gasteiger partial charge in [0, 0.05) is 11.6 Å². The van der Waals surface area contributed by atoms with E-state index in [9.17, 15) is 4.79 Å². The number of carbonyl (C=O) groups excluding carboxylic acids is 1. The van der Waals surface area contributed by atoms with Crippen molar-refractivity contribution in [3.8, 4) is 23.0 Å². The summed E-state index contributed by atoms with van der Waals surface area (Å²) in [6.45, 7) is 6.91. The summed E-state index contributed by atoms with van der Waals surface area (Å²) in [7, 11) is 1.55. The van der Waals surface area contributed by atoms with Crippen molar-refractivity contribution in [1.82, 2.24) is 0 Å². The van der Waals surface area contributed by atoms with Gasteiger partial charge in [-0.25, -0.2) is 0 Å². The van der Waals surface area contributed by atoms with Gasteiger partial charge in [0.25, 0.3) is 5.91 Å². The molecular formula is C20H26N2O5. The molecular weight excluding hydrogens is 348 g/mol. The Bertz CT molecular complexity index is 765. The first kappa shape index (κ1) is 20.2. The Morgan fingerprint density at radius 1 is 0.963 bits per heavy atom. The fourth-order valence-electron chi connectivity index (χ4n) is 2.48. The molecule has 0 aliphatic rings. The molecule has 0 radical (unpaired) electrons. The van der Waals surface area contributed by atoms with E-state index in [0.717, 1.165) is 0 Å². The van der Waals surface area contributed by atoms with Crippen LogP contribution in [0.4, 0.5) is 11.4 Å². The molecule has 0 unspecified atom stereocenters. The number of anilines is 2. The molecule has 0 bridgehead atoms. The van der Waals surface area contributed by atoms with E-state index in [1.807, 2.05) is 20.8 Å². The summed E-state index contributed by atoms with van der Waals surface area (Å²) in [6.07, 6.45) is 0. The zero-order valence-electron chi connectivity index (χ0n) is 16.1. The molecule has 0 heterocycles. The van der Waals surface area contributed by atoms with Crippen LogP contribution in [-0.4, -0.2) is 32.8 Å². The summed E-state index contributed by atoms with van der Waals surface area (Å²) >= 11 is 0. The Balaban J connectivity index is 2.40. The van der Waals surface area contributed by atoms with Gasteiger partial charge < -0.3 is 30.0 Å². The van der Waals surface area contributed by atoms with Crippen molar-refractivity contribution in [1.29, 1.82) is 0 Å². The van der Waals surface area contributed by atoms with Crippen LogP contribution in [0.25, 0.3) is 0 Å². The minimum Gasteiger partial charge on any atom is -0.497 e. The van der Waals surface area contributed by atoms with Crippen molar-refractivity contribution in [2.45, 2.75) is 20.8 Å². The molecule has 1 amide bonds. The highest BCUT2D eigenvalue weighted by Crippen LogP contribution is 2.39. The van der Waals surface area contributed by atoms with Crippen LogP contribution in [0.5, 0.6) is 23.0 Å². The summed E-state index contributed by atoms with van der Waals surface area (Å²) in [6, 6.07) is 8.31. The lowest BCUT2D eigenvalue weighted by Gasteiger charge is -2.17. The molecule has 0 aliphatic carbocycles. The van der Waals surface area contributed by atoms with Crippen molar-refractivity contribution in [2.24, 2.45) is 0 Å². The zero-order valence-corrected chi connectivity index (χ0v) is 16.1. The molecule has 0 fully saturated rings. The molecule has 2 aromatic carbocycles. The average Bonchev–Trinajstić information content (AvgIpc) is 2.66. The molecule has 2 aromatic rings. The number of nitrogens with two attached hydrogens (primary N) is 1. The first-order chi connectivity index (χ1) is 13.0. The largest absolute Gasteiger partial charge is 0.497 e. The van der Waals surface area contributed by atoms with E-state index >= 15 is 0 Å². The normalized spacial score (nSPS) is 10.2. The highest BCUT2D eigenvalue weighted by Gasteiger charge is 2.19. The summed E-state index contributed by atoms with van der Waals surface area (Å²) in [5.74, 6) is 1.64. The molecule has 7 heteroatoms. The van der Waals surface area contributed by atoms with Gasteiger partial charge >= 0.3 is 0 Å². The summed E-state index contributed by atoms with van der Waals surface area (Å²) in [5, 5.41) is 2.80. The van der Waals surface area contributed by atoms with Crippen molar-refractivity contribution >= 4 is 17.3 Å². The number of methoxy groups -OCH3 is 1. The number of hydrogen-bond donors (Lipinski definition) is 2. The number of ether oxygens (including phenoxy) is 4. The van der Waals surface area contributed by atoms with Gasteiger partial charge in [-0.05, 0) is 45.0 Å². The van der Waals surface area contributed by atoms with Gasteiger partial charge in [0.2, 0.25) is 5.75 Å². The highest BCUT2D eigenvalue weighted by atomic mass is 16.5. The SMILES string of the molecule is CCOc1cc(C(=O)Nc2cc(OC)ccc2N)cc(OCC)c1OCC. The molecule has 2 rings (SSSR count). The lowest BCUT2D eigenvalue weighted by Crippen LogP contribution is -2.14. The fourth-order valence-corrected chi connectivity index (χ4v) is 2.48. The van der Waals surface area contributed by atoms with E-state index in [1.165, 1.54) is 0 Å². The maximum atomic E-state index is 12.8. The fraction of sp³-hybridized carbons (Fsp3) is 0.350. The number of amides is 1. The Labute approximate surface area is 159 Å². The van der Waals surface area contributed by atoms with Crippen molar-refractivity contribution < 1.29 is 23.7 Å². The predicted molar refractivity (Wildman–Crippen MR) is 105 cm³/mol. The molecule has 3 N–H and O–H groups in total. The smallest absolute Gasteiger partial charge is 0.256 e. The van der Waals surface area contributed by atoms with Crippen LogP contribution in [-0.2, 0) is 0 Å². The van der Waals surface area contributed by atoms with E-state index in [0.29, 0.717) is 59.8 Å². The molecule has 0 spiro atoms. The number of nitrogens with one attached hydrogen (secondary N) is 1. The van der Waals surface area contributed by atoms with E-state index in [-0.39, 0.29) is 5.91 Å². The third-order valence-electron chi connectivity index (χ3n) is 3.68. The average molecular weight is 374 g/mol. The Morgan fingerprint density at radius 3 is 2.07 bits per heavy atom. The lowest BCUT2D eigenvalue weighted by molar-refractivity contribution is 0.102. The minimum atomic E-state index is -0.347. The van der Waals surface area contributed by atoms with E-state index in [1.54, 1.807) is 37.4 Å². The predicted octanol–water partition coefficient (Wildman–Crippen LogP) is 3.73. The quantitative estimate of drug-likeness (QED) is 0.650. The van der Waals surface area contributed by atoms with Crippen molar-refractivity contribution in [3.05, 3.63) is 35.9 Å². The summed E-state index contributed by atoms with van der Waals surface area (Å²) in [4.78, 5) is 12.8. The minimum absolute atomic E-state index is 0.347. The van der Waals surface area contributed by atoms with Crippen LogP contribution in [0, 0.1) is 0 Å². The van der Waals surface area contributed by atoms with Crippen LogP contribution < -0.4 is 30.0 Å². The second-order valence-electron chi connectivity index (χ2n) is 5.51. The van der Waals surface area contributed by atoms with E-state index in [4.69, 9.17) is 24.7 Å². The zero-order chi connectivity index (χ0) is 19.8. The van der Waals surface area contributed by atoms with Gasteiger partial charge in [0.05, 0.1) is 38.3 Å². The first-order valence-electron chi connectivity index (χ1n) is 8.85. The summed E-state index contributed by atoms with van der Waals surface area (Å²) < 4.78 is 22.1. The van der Waals surface area contributed by atoms with Gasteiger partial charge in [-0.3, -0.25) is 4.79 Å². The van der Waals surface area contributed by atoms with Gasteiger partial charge in [0.15, 0.2) is 11.5 Å². The van der Waals surface area contributed by atoms with Gasteiger partial charge in [-0.2, -0.15) is 0 Å². The van der Waals surface area contributed by atoms with Crippen LogP contribution in [0.1, 0.15) is 31.1 Å². The third-order valence-corrected chi connectivity index (χ3v) is 3.68. The maximum Gasteiger partial charge on any atom is 0.256 e. The first-order valence-corrected chi connectivity index (χ1v) is 8.85. The number of benzene rings is 2. The topological polar surface area (TPSA) is 92.0 Å². The second-order valence-corrected chi connectivity index (χ2v) is 5.51. The number of rotatable bonds is 9. The number of carbonyl (C=O) groups is 1. The van der Waals surface area contributed by atoms with Crippen LogP contribution in [0.3, 0.4) is 0 Å². The van der Waals surface area contributed by atoms with Crippen molar-refractivity contribution in [3.63, 3.8) is 0 Å². The van der Waals surface area contributed by atoms with Gasteiger partial charge in [0.1, 0.15) is 5.75 Å². The molecule has 7 nitrogen and oxygen atoms in total. The van der Waals surface area contributed by atoms with E-state index < -0.39 is 0 Å². The Kier molecular flexibility index (Phi) is 7.16. The van der Waals surface area contributed by atoms with Crippen LogP contribution in [0.2, 0.25) is 0 Å². The molecule has 0 aromatic heterocycles. The molecule has 0 atom stereocenters.